The number of carbonyl (C=O) groups is 2. The second kappa shape index (κ2) is 5.15. The van der Waals surface area contributed by atoms with Crippen molar-refractivity contribution in [3.8, 4) is 0 Å². The zero-order valence-corrected chi connectivity index (χ0v) is 12.8. The fraction of sp³-hybridized carbons (Fsp3) is 0.273. The van der Waals surface area contributed by atoms with Gasteiger partial charge in [-0.25, -0.2) is 17.9 Å². The highest BCUT2D eigenvalue weighted by atomic mass is 79.9. The number of benzene rings is 1. The van der Waals surface area contributed by atoms with E-state index in [0.717, 1.165) is 4.47 Å². The summed E-state index contributed by atoms with van der Waals surface area (Å²) in [6, 6.07) is 5.42. The van der Waals surface area contributed by atoms with E-state index in [4.69, 9.17) is 0 Å². The van der Waals surface area contributed by atoms with Gasteiger partial charge in [0.15, 0.2) is 0 Å². The molecule has 9 heteroatoms. The van der Waals surface area contributed by atoms with Gasteiger partial charge in [0.2, 0.25) is 10.0 Å². The van der Waals surface area contributed by atoms with E-state index < -0.39 is 27.5 Å². The zero-order chi connectivity index (χ0) is 15.0. The maximum Gasteiger partial charge on any atom is 0.322 e. The van der Waals surface area contributed by atoms with Crippen molar-refractivity contribution in [2.45, 2.75) is 17.4 Å². The maximum atomic E-state index is 12.1. The summed E-state index contributed by atoms with van der Waals surface area (Å²) in [5, 5.41) is 4.44. The number of hydrogen-bond acceptors (Lipinski definition) is 4. The summed E-state index contributed by atoms with van der Waals surface area (Å²) in [7, 11) is -3.75. The lowest BCUT2D eigenvalue weighted by Crippen LogP contribution is -2.52. The van der Waals surface area contributed by atoms with Crippen molar-refractivity contribution < 1.29 is 18.0 Å². The SMILES string of the molecule is CC1(CNS(=O)(=O)c2ccc(Br)cc2)NC(=O)NC1=O. The largest absolute Gasteiger partial charge is 0.322 e. The average Bonchev–Trinajstić information content (AvgIpc) is 2.62. The summed E-state index contributed by atoms with van der Waals surface area (Å²) < 4.78 is 27.2. The molecular weight excluding hydrogens is 350 g/mol. The Hall–Kier alpha value is -1.45. The van der Waals surface area contributed by atoms with Gasteiger partial charge < -0.3 is 5.32 Å². The molecule has 1 unspecified atom stereocenters. The first-order valence-corrected chi connectivity index (χ1v) is 7.89. The molecule has 1 heterocycles. The maximum absolute atomic E-state index is 12.1. The molecule has 1 aliphatic heterocycles. The first kappa shape index (κ1) is 14.9. The molecule has 0 aliphatic carbocycles. The lowest BCUT2D eigenvalue weighted by Gasteiger charge is -2.20. The Morgan fingerprint density at radius 1 is 1.25 bits per heavy atom. The van der Waals surface area contributed by atoms with E-state index in [9.17, 15) is 18.0 Å². The van der Waals surface area contributed by atoms with Crippen LogP contribution in [0, 0.1) is 0 Å². The van der Waals surface area contributed by atoms with Gasteiger partial charge in [-0.05, 0) is 31.2 Å². The van der Waals surface area contributed by atoms with Gasteiger partial charge in [-0.3, -0.25) is 10.1 Å². The third-order valence-electron chi connectivity index (χ3n) is 2.86. The third-order valence-corrected chi connectivity index (χ3v) is 4.80. The molecule has 3 N–H and O–H groups in total. The Morgan fingerprint density at radius 3 is 2.35 bits per heavy atom. The van der Waals surface area contributed by atoms with Crippen LogP contribution in [0.25, 0.3) is 0 Å². The molecule has 1 fully saturated rings. The van der Waals surface area contributed by atoms with Crippen molar-refractivity contribution in [1.82, 2.24) is 15.4 Å². The Morgan fingerprint density at radius 2 is 1.85 bits per heavy atom. The highest BCUT2D eigenvalue weighted by molar-refractivity contribution is 9.10. The van der Waals surface area contributed by atoms with Gasteiger partial charge in [-0.15, -0.1) is 0 Å². The number of hydrogen-bond donors (Lipinski definition) is 3. The van der Waals surface area contributed by atoms with Crippen molar-refractivity contribution >= 4 is 37.9 Å². The molecule has 0 saturated carbocycles. The summed E-state index contributed by atoms with van der Waals surface area (Å²) in [6.07, 6.45) is 0. The highest BCUT2D eigenvalue weighted by Gasteiger charge is 2.42. The molecule has 0 radical (unpaired) electrons. The van der Waals surface area contributed by atoms with Crippen LogP contribution in [0.15, 0.2) is 33.6 Å². The van der Waals surface area contributed by atoms with Gasteiger partial charge in [0.25, 0.3) is 5.91 Å². The Labute approximate surface area is 124 Å². The molecule has 0 aromatic heterocycles. The minimum Gasteiger partial charge on any atom is -0.322 e. The molecule has 1 saturated heterocycles. The lowest BCUT2D eigenvalue weighted by molar-refractivity contribution is -0.123. The molecule has 0 spiro atoms. The normalized spacial score (nSPS) is 22.5. The standard InChI is InChI=1S/C11H12BrN3O4S/c1-11(9(16)14-10(17)15-11)6-13-20(18,19)8-4-2-7(12)3-5-8/h2-5,13H,6H2,1H3,(H2,14,15,16,17). The highest BCUT2D eigenvalue weighted by Crippen LogP contribution is 2.15. The molecule has 1 aliphatic rings. The van der Waals surface area contributed by atoms with Crippen molar-refractivity contribution in [1.29, 1.82) is 0 Å². The molecule has 2 rings (SSSR count). The molecule has 1 aromatic carbocycles. The van der Waals surface area contributed by atoms with Crippen LogP contribution in [-0.2, 0) is 14.8 Å². The van der Waals surface area contributed by atoms with Crippen LogP contribution >= 0.6 is 15.9 Å². The number of nitrogens with one attached hydrogen (secondary N) is 3. The lowest BCUT2D eigenvalue weighted by atomic mass is 10.0. The van der Waals surface area contributed by atoms with Crippen LogP contribution in [-0.4, -0.2) is 32.4 Å². The second-order valence-electron chi connectivity index (χ2n) is 4.52. The van der Waals surface area contributed by atoms with E-state index in [2.05, 4.69) is 31.3 Å². The van der Waals surface area contributed by atoms with Crippen molar-refractivity contribution in [3.63, 3.8) is 0 Å². The molecule has 1 atom stereocenters. The van der Waals surface area contributed by atoms with E-state index in [1.807, 2.05) is 0 Å². The minimum atomic E-state index is -3.75. The first-order chi connectivity index (χ1) is 9.23. The first-order valence-electron chi connectivity index (χ1n) is 5.62. The number of halogens is 1. The van der Waals surface area contributed by atoms with Crippen molar-refractivity contribution in [2.24, 2.45) is 0 Å². The van der Waals surface area contributed by atoms with E-state index in [-0.39, 0.29) is 11.4 Å². The number of amides is 3. The number of sulfonamides is 1. The van der Waals surface area contributed by atoms with Crippen LogP contribution in [0.4, 0.5) is 4.79 Å². The van der Waals surface area contributed by atoms with Crippen LogP contribution in [0.3, 0.4) is 0 Å². The number of carbonyl (C=O) groups excluding carboxylic acids is 2. The van der Waals surface area contributed by atoms with Crippen LogP contribution < -0.4 is 15.4 Å². The van der Waals surface area contributed by atoms with E-state index in [0.29, 0.717) is 0 Å². The predicted molar refractivity (Wildman–Crippen MR) is 74.4 cm³/mol. The Bertz CT molecular complexity index is 659. The van der Waals surface area contributed by atoms with Crippen molar-refractivity contribution in [3.05, 3.63) is 28.7 Å². The molecule has 1 aromatic rings. The van der Waals surface area contributed by atoms with Crippen molar-refractivity contribution in [2.75, 3.05) is 6.54 Å². The van der Waals surface area contributed by atoms with Crippen LogP contribution in [0.5, 0.6) is 0 Å². The summed E-state index contributed by atoms with van der Waals surface area (Å²) in [6.45, 7) is 1.21. The van der Waals surface area contributed by atoms with E-state index >= 15 is 0 Å². The predicted octanol–water partition coefficient (Wildman–Crippen LogP) is 0.325. The van der Waals surface area contributed by atoms with E-state index in [1.54, 1.807) is 12.1 Å². The summed E-state index contributed by atoms with van der Waals surface area (Å²) in [4.78, 5) is 22.7. The number of rotatable bonds is 4. The van der Waals surface area contributed by atoms with Crippen LogP contribution in [0.1, 0.15) is 6.92 Å². The fourth-order valence-corrected chi connectivity index (χ4v) is 3.04. The van der Waals surface area contributed by atoms with Gasteiger partial charge in [0.05, 0.1) is 4.90 Å². The Balaban J connectivity index is 2.12. The zero-order valence-electron chi connectivity index (χ0n) is 10.4. The monoisotopic (exact) mass is 361 g/mol. The van der Waals surface area contributed by atoms with Gasteiger partial charge in [0.1, 0.15) is 5.54 Å². The molecule has 0 bridgehead atoms. The molecule has 3 amide bonds. The number of urea groups is 1. The number of imide groups is 1. The quantitative estimate of drug-likeness (QED) is 0.672. The van der Waals surface area contributed by atoms with Crippen LogP contribution in [0.2, 0.25) is 0 Å². The molecule has 108 valence electrons. The average molecular weight is 362 g/mol. The van der Waals surface area contributed by atoms with Gasteiger partial charge in [-0.1, -0.05) is 15.9 Å². The Kier molecular flexibility index (Phi) is 3.85. The fourth-order valence-electron chi connectivity index (χ4n) is 1.64. The van der Waals surface area contributed by atoms with E-state index in [1.165, 1.54) is 19.1 Å². The molecular formula is C11H12BrN3O4S. The third kappa shape index (κ3) is 3.00. The summed E-state index contributed by atoms with van der Waals surface area (Å²) >= 11 is 3.21. The summed E-state index contributed by atoms with van der Waals surface area (Å²) in [5.74, 6) is -0.569. The topological polar surface area (TPSA) is 104 Å². The van der Waals surface area contributed by atoms with Gasteiger partial charge >= 0.3 is 6.03 Å². The molecule has 20 heavy (non-hydrogen) atoms. The summed E-state index contributed by atoms with van der Waals surface area (Å²) in [5.41, 5.74) is -1.29. The smallest absolute Gasteiger partial charge is 0.322 e. The van der Waals surface area contributed by atoms with Gasteiger partial charge in [-0.2, -0.15) is 0 Å². The minimum absolute atomic E-state index is 0.0778. The second-order valence-corrected chi connectivity index (χ2v) is 7.20. The molecule has 7 nitrogen and oxygen atoms in total. The van der Waals surface area contributed by atoms with Gasteiger partial charge in [0, 0.05) is 11.0 Å².